The Bertz CT molecular complexity index is 371. The summed E-state index contributed by atoms with van der Waals surface area (Å²) in [6.07, 6.45) is 5.23. The number of nitrogens with zero attached hydrogens (tertiary/aromatic N) is 1. The van der Waals surface area contributed by atoms with E-state index >= 15 is 0 Å². The summed E-state index contributed by atoms with van der Waals surface area (Å²) in [5, 5.41) is 3.54. The van der Waals surface area contributed by atoms with Crippen molar-refractivity contribution in [2.75, 3.05) is 18.0 Å². The Balaban J connectivity index is 2.01. The van der Waals surface area contributed by atoms with Gasteiger partial charge in [-0.3, -0.25) is 0 Å². The highest BCUT2D eigenvalue weighted by Gasteiger charge is 2.18. The number of hydrogen-bond acceptors (Lipinski definition) is 2. The molecule has 2 nitrogen and oxygen atoms in total. The lowest BCUT2D eigenvalue weighted by Gasteiger charge is -2.35. The van der Waals surface area contributed by atoms with Crippen LogP contribution in [-0.2, 0) is 0 Å². The van der Waals surface area contributed by atoms with Gasteiger partial charge in [0.15, 0.2) is 0 Å². The third-order valence-electron chi connectivity index (χ3n) is 4.23. The zero-order chi connectivity index (χ0) is 13.7. The highest BCUT2D eigenvalue weighted by atomic mass is 15.2. The van der Waals surface area contributed by atoms with E-state index in [1.54, 1.807) is 0 Å². The second kappa shape index (κ2) is 6.95. The van der Waals surface area contributed by atoms with Crippen LogP contribution in [0.5, 0.6) is 0 Å². The number of benzene rings is 1. The first-order valence-corrected chi connectivity index (χ1v) is 7.82. The zero-order valence-electron chi connectivity index (χ0n) is 12.7. The fourth-order valence-corrected chi connectivity index (χ4v) is 2.91. The van der Waals surface area contributed by atoms with Gasteiger partial charge in [0, 0.05) is 24.3 Å². The number of rotatable bonds is 5. The van der Waals surface area contributed by atoms with Crippen molar-refractivity contribution in [1.29, 1.82) is 0 Å². The summed E-state index contributed by atoms with van der Waals surface area (Å²) >= 11 is 0. The van der Waals surface area contributed by atoms with Crippen molar-refractivity contribution in [3.8, 4) is 0 Å². The van der Waals surface area contributed by atoms with Crippen LogP contribution >= 0.6 is 0 Å². The summed E-state index contributed by atoms with van der Waals surface area (Å²) in [6, 6.07) is 10.3. The van der Waals surface area contributed by atoms with E-state index in [0.29, 0.717) is 12.1 Å². The van der Waals surface area contributed by atoms with Crippen LogP contribution in [0.15, 0.2) is 24.3 Å². The molecule has 1 aliphatic heterocycles. The molecular weight excluding hydrogens is 232 g/mol. The lowest BCUT2D eigenvalue weighted by Crippen LogP contribution is -2.37. The summed E-state index contributed by atoms with van der Waals surface area (Å²) in [4.78, 5) is 2.55. The van der Waals surface area contributed by atoms with E-state index in [9.17, 15) is 0 Å². The van der Waals surface area contributed by atoms with Crippen molar-refractivity contribution in [3.63, 3.8) is 0 Å². The molecule has 1 aromatic rings. The maximum Gasteiger partial charge on any atom is 0.0368 e. The van der Waals surface area contributed by atoms with Gasteiger partial charge in [-0.15, -0.1) is 0 Å². The van der Waals surface area contributed by atoms with Crippen LogP contribution in [0.4, 0.5) is 5.69 Å². The first-order valence-electron chi connectivity index (χ1n) is 7.82. The van der Waals surface area contributed by atoms with Gasteiger partial charge in [0.1, 0.15) is 0 Å². The van der Waals surface area contributed by atoms with Gasteiger partial charge in [0.25, 0.3) is 0 Å². The largest absolute Gasteiger partial charge is 0.369 e. The van der Waals surface area contributed by atoms with Crippen molar-refractivity contribution in [2.24, 2.45) is 0 Å². The van der Waals surface area contributed by atoms with Gasteiger partial charge >= 0.3 is 0 Å². The van der Waals surface area contributed by atoms with E-state index in [4.69, 9.17) is 0 Å². The molecule has 0 amide bonds. The smallest absolute Gasteiger partial charge is 0.0368 e. The Morgan fingerprint density at radius 1 is 1.26 bits per heavy atom. The number of anilines is 1. The van der Waals surface area contributed by atoms with E-state index in [2.05, 4.69) is 55.3 Å². The highest BCUT2D eigenvalue weighted by Crippen LogP contribution is 2.25. The molecule has 106 valence electrons. The molecule has 0 radical (unpaired) electrons. The Morgan fingerprint density at radius 2 is 2.00 bits per heavy atom. The fourth-order valence-electron chi connectivity index (χ4n) is 2.91. The molecular formula is C17H28N2. The SMILES string of the molecule is CCCNC(C)c1ccc(N2CCCCC2C)cc1. The van der Waals surface area contributed by atoms with Crippen molar-refractivity contribution in [2.45, 2.75) is 58.5 Å². The van der Waals surface area contributed by atoms with Crippen LogP contribution in [0.1, 0.15) is 58.1 Å². The molecule has 0 spiro atoms. The van der Waals surface area contributed by atoms with Gasteiger partial charge in [-0.2, -0.15) is 0 Å². The second-order valence-electron chi connectivity index (χ2n) is 5.81. The van der Waals surface area contributed by atoms with Crippen LogP contribution < -0.4 is 10.2 Å². The van der Waals surface area contributed by atoms with Crippen LogP contribution in [0.3, 0.4) is 0 Å². The lowest BCUT2D eigenvalue weighted by molar-refractivity contribution is 0.484. The van der Waals surface area contributed by atoms with Crippen LogP contribution in [0.2, 0.25) is 0 Å². The average molecular weight is 260 g/mol. The first-order chi connectivity index (χ1) is 9.22. The summed E-state index contributed by atoms with van der Waals surface area (Å²) in [6.45, 7) is 9.10. The Morgan fingerprint density at radius 3 is 2.63 bits per heavy atom. The molecule has 2 unspecified atom stereocenters. The minimum Gasteiger partial charge on any atom is -0.369 e. The van der Waals surface area contributed by atoms with Gasteiger partial charge in [0.2, 0.25) is 0 Å². The summed E-state index contributed by atoms with van der Waals surface area (Å²) in [7, 11) is 0. The average Bonchev–Trinajstić information content (AvgIpc) is 2.45. The van der Waals surface area contributed by atoms with E-state index in [1.807, 2.05) is 0 Å². The molecule has 0 aromatic heterocycles. The van der Waals surface area contributed by atoms with Gasteiger partial charge in [-0.25, -0.2) is 0 Å². The van der Waals surface area contributed by atoms with Crippen molar-refractivity contribution < 1.29 is 0 Å². The summed E-state index contributed by atoms with van der Waals surface area (Å²) in [5.74, 6) is 0. The van der Waals surface area contributed by atoms with Gasteiger partial charge in [-0.1, -0.05) is 19.1 Å². The maximum absolute atomic E-state index is 3.54. The number of piperidine rings is 1. The molecule has 1 aliphatic rings. The van der Waals surface area contributed by atoms with Crippen LogP contribution in [-0.4, -0.2) is 19.1 Å². The fraction of sp³-hybridized carbons (Fsp3) is 0.647. The quantitative estimate of drug-likeness (QED) is 0.856. The van der Waals surface area contributed by atoms with Gasteiger partial charge in [-0.05, 0) is 63.8 Å². The van der Waals surface area contributed by atoms with Gasteiger partial charge < -0.3 is 10.2 Å². The zero-order valence-corrected chi connectivity index (χ0v) is 12.7. The molecule has 1 aromatic carbocycles. The number of nitrogens with one attached hydrogen (secondary N) is 1. The van der Waals surface area contributed by atoms with Crippen LogP contribution in [0, 0.1) is 0 Å². The standard InChI is InChI=1S/C17H28N2/c1-4-12-18-15(3)16-8-10-17(11-9-16)19-13-6-5-7-14(19)2/h8-11,14-15,18H,4-7,12-13H2,1-3H3. The molecule has 1 heterocycles. The Hall–Kier alpha value is -1.02. The van der Waals surface area contributed by atoms with Crippen molar-refractivity contribution in [1.82, 2.24) is 5.32 Å². The summed E-state index contributed by atoms with van der Waals surface area (Å²) < 4.78 is 0. The lowest BCUT2D eigenvalue weighted by atomic mass is 10.0. The molecule has 2 rings (SSSR count). The molecule has 0 aliphatic carbocycles. The molecule has 19 heavy (non-hydrogen) atoms. The minimum absolute atomic E-state index is 0.452. The molecule has 0 saturated carbocycles. The predicted octanol–water partition coefficient (Wildman–Crippen LogP) is 4.13. The summed E-state index contributed by atoms with van der Waals surface area (Å²) in [5.41, 5.74) is 2.78. The van der Waals surface area contributed by atoms with Crippen molar-refractivity contribution in [3.05, 3.63) is 29.8 Å². The predicted molar refractivity (Wildman–Crippen MR) is 83.8 cm³/mol. The van der Waals surface area contributed by atoms with E-state index in [1.165, 1.54) is 43.5 Å². The minimum atomic E-state index is 0.452. The molecule has 2 atom stereocenters. The second-order valence-corrected chi connectivity index (χ2v) is 5.81. The molecule has 1 saturated heterocycles. The Kier molecular flexibility index (Phi) is 5.26. The molecule has 2 heteroatoms. The normalized spacial score (nSPS) is 21.4. The van der Waals surface area contributed by atoms with E-state index in [0.717, 1.165) is 6.54 Å². The van der Waals surface area contributed by atoms with E-state index < -0.39 is 0 Å². The maximum atomic E-state index is 3.54. The molecule has 0 bridgehead atoms. The molecule has 1 fully saturated rings. The van der Waals surface area contributed by atoms with Gasteiger partial charge in [0.05, 0.1) is 0 Å². The first kappa shape index (κ1) is 14.4. The van der Waals surface area contributed by atoms with Crippen LogP contribution in [0.25, 0.3) is 0 Å². The third kappa shape index (κ3) is 3.73. The molecule has 1 N–H and O–H groups in total. The third-order valence-corrected chi connectivity index (χ3v) is 4.23. The topological polar surface area (TPSA) is 15.3 Å². The number of hydrogen-bond donors (Lipinski definition) is 1. The van der Waals surface area contributed by atoms with Crippen molar-refractivity contribution >= 4 is 5.69 Å². The highest BCUT2D eigenvalue weighted by molar-refractivity contribution is 5.49. The monoisotopic (exact) mass is 260 g/mol. The van der Waals surface area contributed by atoms with E-state index in [-0.39, 0.29) is 0 Å². The Labute approximate surface area is 118 Å².